The molecule has 0 unspecified atom stereocenters. The number of nitrogens with one attached hydrogen (secondary N) is 1. The van der Waals surface area contributed by atoms with Gasteiger partial charge in [-0.1, -0.05) is 26.7 Å². The maximum Gasteiger partial charge on any atom is 0.263 e. The van der Waals surface area contributed by atoms with Gasteiger partial charge < -0.3 is 11.1 Å². The van der Waals surface area contributed by atoms with Crippen molar-refractivity contribution in [3.8, 4) is 0 Å². The summed E-state index contributed by atoms with van der Waals surface area (Å²) in [6, 6.07) is 4.41. The van der Waals surface area contributed by atoms with Crippen LogP contribution in [0.5, 0.6) is 0 Å². The second-order valence-corrected chi connectivity index (χ2v) is 6.68. The van der Waals surface area contributed by atoms with Gasteiger partial charge in [-0.05, 0) is 30.5 Å². The number of fused-ring (bicyclic) bond motifs is 1. The number of benzene rings is 1. The maximum absolute atomic E-state index is 13.2. The van der Waals surface area contributed by atoms with Crippen LogP contribution in [0.4, 0.5) is 10.1 Å². The summed E-state index contributed by atoms with van der Waals surface area (Å²) in [5, 5.41) is 3.50. The smallest absolute Gasteiger partial charge is 0.263 e. The number of anilines is 1. The second-order valence-electron chi connectivity index (χ2n) is 5.63. The SMILES string of the molecule is CC(C)CCCCNC(=O)c1sc2ccc(F)cc2c1N. The third-order valence-corrected chi connectivity index (χ3v) is 4.57. The van der Waals surface area contributed by atoms with Crippen LogP contribution in [0.15, 0.2) is 18.2 Å². The van der Waals surface area contributed by atoms with Gasteiger partial charge in [-0.3, -0.25) is 4.79 Å². The Hall–Kier alpha value is -1.62. The van der Waals surface area contributed by atoms with Gasteiger partial charge in [0.25, 0.3) is 5.91 Å². The van der Waals surface area contributed by atoms with Gasteiger partial charge in [-0.25, -0.2) is 4.39 Å². The zero-order valence-corrected chi connectivity index (χ0v) is 13.2. The van der Waals surface area contributed by atoms with Gasteiger partial charge in [-0.15, -0.1) is 11.3 Å². The molecule has 3 nitrogen and oxygen atoms in total. The summed E-state index contributed by atoms with van der Waals surface area (Å²) in [6.07, 6.45) is 3.23. The molecule has 1 aromatic carbocycles. The molecule has 0 spiro atoms. The van der Waals surface area contributed by atoms with Crippen molar-refractivity contribution in [3.05, 3.63) is 28.9 Å². The minimum absolute atomic E-state index is 0.168. The van der Waals surface area contributed by atoms with Crippen LogP contribution in [0.25, 0.3) is 10.1 Å². The first-order valence-corrected chi connectivity index (χ1v) is 8.06. The molecule has 0 atom stereocenters. The van der Waals surface area contributed by atoms with Crippen molar-refractivity contribution < 1.29 is 9.18 Å². The van der Waals surface area contributed by atoms with Gasteiger partial charge in [0.2, 0.25) is 0 Å². The molecule has 0 aliphatic rings. The largest absolute Gasteiger partial charge is 0.397 e. The Balaban J connectivity index is 1.98. The van der Waals surface area contributed by atoms with Gasteiger partial charge in [0, 0.05) is 16.6 Å². The van der Waals surface area contributed by atoms with E-state index < -0.39 is 0 Å². The molecule has 1 amide bonds. The monoisotopic (exact) mass is 308 g/mol. The van der Waals surface area contributed by atoms with Crippen molar-refractivity contribution in [2.45, 2.75) is 33.1 Å². The fraction of sp³-hybridized carbons (Fsp3) is 0.438. The summed E-state index contributed by atoms with van der Waals surface area (Å²) in [4.78, 5) is 12.6. The minimum Gasteiger partial charge on any atom is -0.397 e. The number of thiophene rings is 1. The van der Waals surface area contributed by atoms with E-state index in [0.29, 0.717) is 28.4 Å². The molecular formula is C16H21FN2OS. The van der Waals surface area contributed by atoms with Crippen molar-refractivity contribution >= 4 is 33.0 Å². The van der Waals surface area contributed by atoms with E-state index >= 15 is 0 Å². The highest BCUT2D eigenvalue weighted by Crippen LogP contribution is 2.33. The standard InChI is InChI=1S/C16H21FN2OS/c1-10(2)5-3-4-8-19-16(20)15-14(18)12-9-11(17)6-7-13(12)21-15/h6-7,9-10H,3-5,8,18H2,1-2H3,(H,19,20). The van der Waals surface area contributed by atoms with Gasteiger partial charge in [0.05, 0.1) is 5.69 Å². The number of hydrogen-bond donors (Lipinski definition) is 2. The minimum atomic E-state index is -0.340. The van der Waals surface area contributed by atoms with Crippen LogP contribution < -0.4 is 11.1 Å². The topological polar surface area (TPSA) is 55.1 Å². The number of amides is 1. The molecule has 1 heterocycles. The normalized spacial score (nSPS) is 11.2. The number of carbonyl (C=O) groups excluding carboxylic acids is 1. The number of carbonyl (C=O) groups is 1. The van der Waals surface area contributed by atoms with E-state index in [1.54, 1.807) is 6.07 Å². The fourth-order valence-electron chi connectivity index (χ4n) is 2.22. The van der Waals surface area contributed by atoms with Crippen LogP contribution in [0.3, 0.4) is 0 Å². The van der Waals surface area contributed by atoms with E-state index in [1.165, 1.54) is 29.9 Å². The molecule has 2 rings (SSSR count). The van der Waals surface area contributed by atoms with E-state index in [9.17, 15) is 9.18 Å². The zero-order valence-electron chi connectivity index (χ0n) is 12.4. The average Bonchev–Trinajstić information content (AvgIpc) is 2.75. The molecule has 0 aliphatic heterocycles. The Morgan fingerprint density at radius 3 is 2.86 bits per heavy atom. The lowest BCUT2D eigenvalue weighted by Crippen LogP contribution is -2.24. The Bertz CT molecular complexity index is 636. The lowest BCUT2D eigenvalue weighted by atomic mass is 10.1. The summed E-state index contributed by atoms with van der Waals surface area (Å²) in [6.45, 7) is 5.03. The van der Waals surface area contributed by atoms with E-state index in [0.717, 1.165) is 17.5 Å². The lowest BCUT2D eigenvalue weighted by Gasteiger charge is -2.06. The highest BCUT2D eigenvalue weighted by molar-refractivity contribution is 7.21. The van der Waals surface area contributed by atoms with Crippen molar-refractivity contribution in [1.82, 2.24) is 5.32 Å². The number of unbranched alkanes of at least 4 members (excludes halogenated alkanes) is 1. The van der Waals surface area contributed by atoms with Crippen LogP contribution in [-0.4, -0.2) is 12.5 Å². The highest BCUT2D eigenvalue weighted by Gasteiger charge is 2.16. The third-order valence-electron chi connectivity index (χ3n) is 3.39. The zero-order chi connectivity index (χ0) is 15.4. The Labute approximate surface area is 128 Å². The van der Waals surface area contributed by atoms with Gasteiger partial charge in [0.1, 0.15) is 10.7 Å². The fourth-order valence-corrected chi connectivity index (χ4v) is 3.24. The quantitative estimate of drug-likeness (QED) is 0.787. The Kier molecular flexibility index (Phi) is 5.17. The average molecular weight is 308 g/mol. The van der Waals surface area contributed by atoms with Gasteiger partial charge >= 0.3 is 0 Å². The van der Waals surface area contributed by atoms with Crippen molar-refractivity contribution in [2.24, 2.45) is 5.92 Å². The molecule has 0 saturated heterocycles. The van der Waals surface area contributed by atoms with Crippen LogP contribution in [0.2, 0.25) is 0 Å². The first kappa shape index (κ1) is 15.8. The molecule has 5 heteroatoms. The first-order chi connectivity index (χ1) is 9.99. The van der Waals surface area contributed by atoms with Crippen LogP contribution in [-0.2, 0) is 0 Å². The van der Waals surface area contributed by atoms with Crippen LogP contribution in [0.1, 0.15) is 42.8 Å². The van der Waals surface area contributed by atoms with Crippen molar-refractivity contribution in [1.29, 1.82) is 0 Å². The molecule has 21 heavy (non-hydrogen) atoms. The number of rotatable bonds is 6. The molecule has 2 aromatic rings. The van der Waals surface area contributed by atoms with Crippen LogP contribution in [0, 0.1) is 11.7 Å². The van der Waals surface area contributed by atoms with E-state index in [4.69, 9.17) is 5.73 Å². The Morgan fingerprint density at radius 2 is 2.14 bits per heavy atom. The molecule has 0 radical (unpaired) electrons. The molecule has 3 N–H and O–H groups in total. The first-order valence-electron chi connectivity index (χ1n) is 7.24. The summed E-state index contributed by atoms with van der Waals surface area (Å²) in [5.41, 5.74) is 6.33. The maximum atomic E-state index is 13.2. The van der Waals surface area contributed by atoms with E-state index in [2.05, 4.69) is 19.2 Å². The predicted octanol–water partition coefficient (Wildman–Crippen LogP) is 4.18. The number of halogens is 1. The number of nitrogen functional groups attached to an aromatic ring is 1. The highest BCUT2D eigenvalue weighted by atomic mass is 32.1. The second kappa shape index (κ2) is 6.89. The van der Waals surface area contributed by atoms with Crippen molar-refractivity contribution in [2.75, 3.05) is 12.3 Å². The van der Waals surface area contributed by atoms with Gasteiger partial charge in [-0.2, -0.15) is 0 Å². The molecular weight excluding hydrogens is 287 g/mol. The van der Waals surface area contributed by atoms with Crippen molar-refractivity contribution in [3.63, 3.8) is 0 Å². The molecule has 0 saturated carbocycles. The van der Waals surface area contributed by atoms with Crippen LogP contribution >= 0.6 is 11.3 Å². The van der Waals surface area contributed by atoms with Gasteiger partial charge in [0.15, 0.2) is 0 Å². The number of hydrogen-bond acceptors (Lipinski definition) is 3. The summed E-state index contributed by atoms with van der Waals surface area (Å²) in [5.74, 6) is 0.181. The lowest BCUT2D eigenvalue weighted by molar-refractivity contribution is 0.0958. The molecule has 0 aliphatic carbocycles. The molecule has 0 fully saturated rings. The Morgan fingerprint density at radius 1 is 1.38 bits per heavy atom. The third kappa shape index (κ3) is 3.94. The summed E-state index contributed by atoms with van der Waals surface area (Å²) >= 11 is 1.31. The number of nitrogens with two attached hydrogens (primary N) is 1. The summed E-state index contributed by atoms with van der Waals surface area (Å²) < 4.78 is 14.1. The predicted molar refractivity (Wildman–Crippen MR) is 87.2 cm³/mol. The molecule has 0 bridgehead atoms. The van der Waals surface area contributed by atoms with E-state index in [1.807, 2.05) is 0 Å². The summed E-state index contributed by atoms with van der Waals surface area (Å²) in [7, 11) is 0. The molecule has 114 valence electrons. The van der Waals surface area contributed by atoms with E-state index in [-0.39, 0.29) is 11.7 Å². The molecule has 1 aromatic heterocycles.